The molecule has 0 aromatic carbocycles. The molecule has 1 aliphatic rings. The van der Waals surface area contributed by atoms with Crippen LogP contribution < -0.4 is 5.32 Å². The maximum absolute atomic E-state index is 5.40. The topological polar surface area (TPSA) is 31.4 Å². The third-order valence-corrected chi connectivity index (χ3v) is 3.58. The zero-order valence-electron chi connectivity index (χ0n) is 11.7. The monoisotopic (exact) mass is 278 g/mol. The first-order chi connectivity index (χ1) is 9.15. The van der Waals surface area contributed by atoms with Gasteiger partial charge in [0.15, 0.2) is 5.11 Å². The van der Waals surface area contributed by atoms with E-state index in [1.807, 2.05) is 18.5 Å². The normalized spacial score (nSPS) is 16.7. The van der Waals surface area contributed by atoms with Crippen LogP contribution in [0.1, 0.15) is 19.4 Å². The molecule has 0 bridgehead atoms. The van der Waals surface area contributed by atoms with Gasteiger partial charge < -0.3 is 10.2 Å². The number of hydrogen-bond acceptors (Lipinski definition) is 3. The van der Waals surface area contributed by atoms with Gasteiger partial charge >= 0.3 is 0 Å². The van der Waals surface area contributed by atoms with Gasteiger partial charge in [-0.2, -0.15) is 0 Å². The molecule has 4 nitrogen and oxygen atoms in total. The van der Waals surface area contributed by atoms with Crippen LogP contribution in [0.5, 0.6) is 0 Å². The van der Waals surface area contributed by atoms with Crippen molar-refractivity contribution >= 4 is 17.3 Å². The van der Waals surface area contributed by atoms with Crippen molar-refractivity contribution in [2.75, 3.05) is 26.2 Å². The first-order valence-electron chi connectivity index (χ1n) is 6.82. The zero-order valence-corrected chi connectivity index (χ0v) is 12.5. The molecule has 0 saturated carbocycles. The Bertz CT molecular complexity index is 399. The summed E-state index contributed by atoms with van der Waals surface area (Å²) in [5, 5.41) is 4.19. The van der Waals surface area contributed by atoms with Crippen LogP contribution in [0.15, 0.2) is 24.5 Å². The van der Waals surface area contributed by atoms with Crippen LogP contribution in [0.2, 0.25) is 0 Å². The summed E-state index contributed by atoms with van der Waals surface area (Å²) in [6.07, 6.45) is 3.76. The lowest BCUT2D eigenvalue weighted by Gasteiger charge is -2.36. The number of piperazine rings is 1. The average Bonchev–Trinajstić information content (AvgIpc) is 2.40. The molecule has 0 radical (unpaired) electrons. The number of pyridine rings is 1. The summed E-state index contributed by atoms with van der Waals surface area (Å²) in [6, 6.07) is 4.53. The molecule has 1 aromatic heterocycles. The van der Waals surface area contributed by atoms with Gasteiger partial charge in [0.1, 0.15) is 0 Å². The molecule has 1 aromatic rings. The summed E-state index contributed by atoms with van der Waals surface area (Å²) >= 11 is 5.40. The molecule has 0 spiro atoms. The summed E-state index contributed by atoms with van der Waals surface area (Å²) in [6.45, 7) is 9.31. The van der Waals surface area contributed by atoms with E-state index in [1.54, 1.807) is 0 Å². The number of nitrogens with one attached hydrogen (secondary N) is 1. The molecule has 2 heterocycles. The van der Waals surface area contributed by atoms with Gasteiger partial charge in [-0.15, -0.1) is 0 Å². The van der Waals surface area contributed by atoms with Crippen molar-refractivity contribution in [3.8, 4) is 0 Å². The van der Waals surface area contributed by atoms with Crippen molar-refractivity contribution in [3.05, 3.63) is 30.1 Å². The third kappa shape index (κ3) is 4.44. The molecule has 1 N–H and O–H groups in total. The second kappa shape index (κ2) is 6.82. The Morgan fingerprint density at radius 3 is 2.68 bits per heavy atom. The largest absolute Gasteiger partial charge is 0.360 e. The molecule has 19 heavy (non-hydrogen) atoms. The first kappa shape index (κ1) is 14.2. The quantitative estimate of drug-likeness (QED) is 0.847. The van der Waals surface area contributed by atoms with Crippen molar-refractivity contribution in [3.63, 3.8) is 0 Å². The van der Waals surface area contributed by atoms with E-state index in [-0.39, 0.29) is 0 Å². The first-order valence-corrected chi connectivity index (χ1v) is 7.22. The van der Waals surface area contributed by atoms with Crippen molar-refractivity contribution in [2.24, 2.45) is 0 Å². The maximum atomic E-state index is 5.40. The van der Waals surface area contributed by atoms with E-state index in [2.05, 4.69) is 40.0 Å². The zero-order chi connectivity index (χ0) is 13.7. The van der Waals surface area contributed by atoms with Gasteiger partial charge in [0.25, 0.3) is 0 Å². The summed E-state index contributed by atoms with van der Waals surface area (Å²) in [5.74, 6) is 0. The Hall–Kier alpha value is -1.20. The van der Waals surface area contributed by atoms with E-state index in [0.717, 1.165) is 37.8 Å². The minimum absolute atomic E-state index is 0.404. The molecule has 0 unspecified atom stereocenters. The van der Waals surface area contributed by atoms with Crippen LogP contribution in [-0.4, -0.2) is 52.1 Å². The molecule has 1 aliphatic heterocycles. The Labute approximate surface area is 120 Å². The van der Waals surface area contributed by atoms with Crippen LogP contribution in [0.4, 0.5) is 0 Å². The lowest BCUT2D eigenvalue weighted by molar-refractivity contribution is 0.174. The van der Waals surface area contributed by atoms with Gasteiger partial charge in [0.2, 0.25) is 0 Å². The van der Waals surface area contributed by atoms with Crippen molar-refractivity contribution in [1.82, 2.24) is 20.1 Å². The highest BCUT2D eigenvalue weighted by Gasteiger charge is 2.19. The van der Waals surface area contributed by atoms with Crippen LogP contribution in [0, 0.1) is 0 Å². The Balaban J connectivity index is 1.78. The molecular weight excluding hydrogens is 256 g/mol. The summed E-state index contributed by atoms with van der Waals surface area (Å²) in [5.41, 5.74) is 1.28. The smallest absolute Gasteiger partial charge is 0.169 e. The number of aromatic nitrogens is 1. The van der Waals surface area contributed by atoms with E-state index in [0.29, 0.717) is 6.04 Å². The average molecular weight is 278 g/mol. The predicted octanol–water partition coefficient (Wildman–Crippen LogP) is 1.48. The molecular formula is C14H22N4S. The maximum Gasteiger partial charge on any atom is 0.169 e. The number of nitrogens with zero attached hydrogens (tertiary/aromatic N) is 3. The highest BCUT2D eigenvalue weighted by atomic mass is 32.1. The minimum Gasteiger partial charge on any atom is -0.360 e. The van der Waals surface area contributed by atoms with Gasteiger partial charge in [-0.25, -0.2) is 0 Å². The highest BCUT2D eigenvalue weighted by Crippen LogP contribution is 2.07. The minimum atomic E-state index is 0.404. The SMILES string of the molecule is CC(C)NC(=S)N1CCN(Cc2cccnc2)CC1. The summed E-state index contributed by atoms with van der Waals surface area (Å²) < 4.78 is 0. The number of thiocarbonyl (C=S) groups is 1. The fraction of sp³-hybridized carbons (Fsp3) is 0.571. The van der Waals surface area contributed by atoms with Gasteiger partial charge in [0, 0.05) is 51.2 Å². The van der Waals surface area contributed by atoms with Crippen molar-refractivity contribution in [1.29, 1.82) is 0 Å². The summed E-state index contributed by atoms with van der Waals surface area (Å²) in [4.78, 5) is 8.87. The van der Waals surface area contributed by atoms with Crippen LogP contribution in [0.25, 0.3) is 0 Å². The van der Waals surface area contributed by atoms with Crippen LogP contribution in [0.3, 0.4) is 0 Å². The predicted molar refractivity (Wildman–Crippen MR) is 82.0 cm³/mol. The lowest BCUT2D eigenvalue weighted by atomic mass is 10.2. The molecule has 0 atom stereocenters. The fourth-order valence-corrected chi connectivity index (χ4v) is 2.62. The fourth-order valence-electron chi connectivity index (χ4n) is 2.20. The van der Waals surface area contributed by atoms with E-state index >= 15 is 0 Å². The van der Waals surface area contributed by atoms with Gasteiger partial charge in [-0.3, -0.25) is 9.88 Å². The third-order valence-electron chi connectivity index (χ3n) is 3.20. The van der Waals surface area contributed by atoms with Crippen LogP contribution >= 0.6 is 12.2 Å². The Morgan fingerprint density at radius 1 is 1.37 bits per heavy atom. The molecule has 5 heteroatoms. The highest BCUT2D eigenvalue weighted by molar-refractivity contribution is 7.80. The molecule has 104 valence electrons. The molecule has 1 saturated heterocycles. The van der Waals surface area contributed by atoms with Gasteiger partial charge in [-0.05, 0) is 37.7 Å². The van der Waals surface area contributed by atoms with Crippen LogP contribution in [-0.2, 0) is 6.54 Å². The lowest BCUT2D eigenvalue weighted by Crippen LogP contribution is -2.52. The molecule has 0 aliphatic carbocycles. The number of hydrogen-bond donors (Lipinski definition) is 1. The second-order valence-electron chi connectivity index (χ2n) is 5.23. The molecule has 1 fully saturated rings. The standard InChI is InChI=1S/C14H22N4S/c1-12(2)16-14(19)18-8-6-17(7-9-18)11-13-4-3-5-15-10-13/h3-5,10,12H,6-9,11H2,1-2H3,(H,16,19). The second-order valence-corrected chi connectivity index (χ2v) is 5.62. The van der Waals surface area contributed by atoms with Crippen molar-refractivity contribution < 1.29 is 0 Å². The van der Waals surface area contributed by atoms with Gasteiger partial charge in [0.05, 0.1) is 0 Å². The molecule has 0 amide bonds. The van der Waals surface area contributed by atoms with E-state index in [9.17, 15) is 0 Å². The van der Waals surface area contributed by atoms with Gasteiger partial charge in [-0.1, -0.05) is 6.07 Å². The van der Waals surface area contributed by atoms with E-state index < -0.39 is 0 Å². The van der Waals surface area contributed by atoms with E-state index in [1.165, 1.54) is 5.56 Å². The number of rotatable bonds is 3. The Morgan fingerprint density at radius 2 is 2.11 bits per heavy atom. The van der Waals surface area contributed by atoms with Crippen molar-refractivity contribution in [2.45, 2.75) is 26.4 Å². The Kier molecular flexibility index (Phi) is 5.10. The van der Waals surface area contributed by atoms with E-state index in [4.69, 9.17) is 12.2 Å². The summed E-state index contributed by atoms with van der Waals surface area (Å²) in [7, 11) is 0. The molecule has 2 rings (SSSR count).